The van der Waals surface area contributed by atoms with E-state index in [4.69, 9.17) is 5.73 Å². The van der Waals surface area contributed by atoms with Gasteiger partial charge in [-0.3, -0.25) is 0 Å². The number of sulfonamides is 1. The van der Waals surface area contributed by atoms with Gasteiger partial charge in [0.2, 0.25) is 10.0 Å². The van der Waals surface area contributed by atoms with Crippen molar-refractivity contribution in [1.82, 2.24) is 9.62 Å². The lowest BCUT2D eigenvalue weighted by molar-refractivity contribution is 0.394. The fourth-order valence-electron chi connectivity index (χ4n) is 1.82. The summed E-state index contributed by atoms with van der Waals surface area (Å²) < 4.78 is 26.4. The summed E-state index contributed by atoms with van der Waals surface area (Å²) in [4.78, 5) is 2.09. The Bertz CT molecular complexity index is 484. The van der Waals surface area contributed by atoms with E-state index < -0.39 is 10.0 Å². The molecule has 1 aromatic carbocycles. The van der Waals surface area contributed by atoms with Gasteiger partial charge in [-0.05, 0) is 44.6 Å². The van der Waals surface area contributed by atoms with Crippen LogP contribution >= 0.6 is 0 Å². The van der Waals surface area contributed by atoms with Crippen LogP contribution in [0.15, 0.2) is 24.3 Å². The zero-order chi connectivity index (χ0) is 15.0. The van der Waals surface area contributed by atoms with E-state index in [-0.39, 0.29) is 5.75 Å². The minimum atomic E-state index is -3.25. The summed E-state index contributed by atoms with van der Waals surface area (Å²) in [6.07, 6.45) is 1.84. The molecule has 0 fully saturated rings. The van der Waals surface area contributed by atoms with Crippen molar-refractivity contribution >= 4 is 10.0 Å². The Labute approximate surface area is 122 Å². The second kappa shape index (κ2) is 8.36. The normalized spacial score (nSPS) is 12.0. The highest BCUT2D eigenvalue weighted by Crippen LogP contribution is 2.07. The topological polar surface area (TPSA) is 75.4 Å². The molecule has 0 saturated heterocycles. The molecule has 0 aliphatic rings. The quantitative estimate of drug-likeness (QED) is 0.665. The molecule has 0 aliphatic carbocycles. The van der Waals surface area contributed by atoms with Crippen LogP contribution in [0.5, 0.6) is 0 Å². The predicted molar refractivity (Wildman–Crippen MR) is 82.7 cm³/mol. The Balaban J connectivity index is 2.36. The lowest BCUT2D eigenvalue weighted by Crippen LogP contribution is -2.26. The molecule has 0 amide bonds. The Morgan fingerprint density at radius 2 is 1.70 bits per heavy atom. The van der Waals surface area contributed by atoms with Crippen LogP contribution in [0.2, 0.25) is 0 Å². The molecule has 5 nitrogen and oxygen atoms in total. The lowest BCUT2D eigenvalue weighted by Gasteiger charge is -2.10. The summed E-state index contributed by atoms with van der Waals surface area (Å²) in [5.74, 6) is 0.0194. The second-order valence-corrected chi connectivity index (χ2v) is 6.99. The average Bonchev–Trinajstić information content (AvgIpc) is 2.38. The van der Waals surface area contributed by atoms with Gasteiger partial charge >= 0.3 is 0 Å². The first-order valence-corrected chi connectivity index (χ1v) is 8.48. The first kappa shape index (κ1) is 17.1. The van der Waals surface area contributed by atoms with Gasteiger partial charge in [0, 0.05) is 13.1 Å². The maximum absolute atomic E-state index is 11.9. The maximum Gasteiger partial charge on any atom is 0.215 e. The largest absolute Gasteiger partial charge is 0.326 e. The smallest absolute Gasteiger partial charge is 0.215 e. The number of nitrogens with zero attached hydrogens (tertiary/aromatic N) is 1. The second-order valence-electron chi connectivity index (χ2n) is 5.18. The summed E-state index contributed by atoms with van der Waals surface area (Å²) in [7, 11) is 0.768. The first-order valence-electron chi connectivity index (χ1n) is 6.83. The summed E-state index contributed by atoms with van der Waals surface area (Å²) >= 11 is 0. The van der Waals surface area contributed by atoms with Gasteiger partial charge < -0.3 is 10.6 Å². The van der Waals surface area contributed by atoms with Crippen molar-refractivity contribution in [2.24, 2.45) is 5.73 Å². The molecule has 1 aromatic rings. The van der Waals surface area contributed by atoms with Gasteiger partial charge in [0.1, 0.15) is 0 Å². The van der Waals surface area contributed by atoms with E-state index in [0.29, 0.717) is 13.1 Å². The van der Waals surface area contributed by atoms with Crippen molar-refractivity contribution in [3.63, 3.8) is 0 Å². The molecule has 0 spiro atoms. The predicted octanol–water partition coefficient (Wildman–Crippen LogP) is 0.907. The molecule has 3 N–H and O–H groups in total. The Kier molecular flexibility index (Phi) is 7.15. The van der Waals surface area contributed by atoms with Crippen LogP contribution in [0.4, 0.5) is 0 Å². The third-order valence-corrected chi connectivity index (χ3v) is 4.33. The summed E-state index contributed by atoms with van der Waals surface area (Å²) in [6.45, 7) is 1.94. The van der Waals surface area contributed by atoms with E-state index in [9.17, 15) is 8.42 Å². The van der Waals surface area contributed by atoms with Gasteiger partial charge in [-0.15, -0.1) is 0 Å². The van der Waals surface area contributed by atoms with Gasteiger partial charge in [-0.2, -0.15) is 0 Å². The van der Waals surface area contributed by atoms with Crippen LogP contribution in [0, 0.1) is 0 Å². The molecule has 114 valence electrons. The number of nitrogens with one attached hydrogen (secondary N) is 1. The van der Waals surface area contributed by atoms with Crippen LogP contribution in [0.3, 0.4) is 0 Å². The Morgan fingerprint density at radius 3 is 2.25 bits per heavy atom. The standard InChI is InChI=1S/C14H25N3O2S/c1-17(2)10-4-3-9-16-20(18,19)12-14-7-5-13(11-15)6-8-14/h5-8,16H,3-4,9-12,15H2,1-2H3. The minimum absolute atomic E-state index is 0.0194. The molecule has 1 rings (SSSR count). The van der Waals surface area contributed by atoms with Gasteiger partial charge in [0.25, 0.3) is 0 Å². The molecule has 0 aromatic heterocycles. The molecule has 0 bridgehead atoms. The van der Waals surface area contributed by atoms with Gasteiger partial charge in [0.05, 0.1) is 5.75 Å². The molecule has 0 atom stereocenters. The summed E-state index contributed by atoms with van der Waals surface area (Å²) in [6, 6.07) is 7.35. The van der Waals surface area contributed by atoms with Crippen LogP contribution < -0.4 is 10.5 Å². The lowest BCUT2D eigenvalue weighted by atomic mass is 10.1. The van der Waals surface area contributed by atoms with Crippen LogP contribution in [0.25, 0.3) is 0 Å². The van der Waals surface area contributed by atoms with Gasteiger partial charge in [-0.1, -0.05) is 24.3 Å². The van der Waals surface area contributed by atoms with E-state index in [2.05, 4.69) is 9.62 Å². The summed E-state index contributed by atoms with van der Waals surface area (Å²) in [5.41, 5.74) is 7.29. The molecular weight excluding hydrogens is 274 g/mol. The first-order chi connectivity index (χ1) is 9.43. The van der Waals surface area contributed by atoms with Crippen LogP contribution in [-0.4, -0.2) is 40.5 Å². The number of benzene rings is 1. The number of hydrogen-bond acceptors (Lipinski definition) is 4. The molecule has 0 radical (unpaired) electrons. The highest BCUT2D eigenvalue weighted by molar-refractivity contribution is 7.88. The van der Waals surface area contributed by atoms with Crippen molar-refractivity contribution in [1.29, 1.82) is 0 Å². The summed E-state index contributed by atoms with van der Waals surface area (Å²) in [5, 5.41) is 0. The van der Waals surface area contributed by atoms with Gasteiger partial charge in [0.15, 0.2) is 0 Å². The Morgan fingerprint density at radius 1 is 1.10 bits per heavy atom. The number of hydrogen-bond donors (Lipinski definition) is 2. The van der Waals surface area contributed by atoms with Gasteiger partial charge in [-0.25, -0.2) is 13.1 Å². The van der Waals surface area contributed by atoms with E-state index in [1.54, 1.807) is 0 Å². The molecule has 20 heavy (non-hydrogen) atoms. The zero-order valence-electron chi connectivity index (χ0n) is 12.3. The van der Waals surface area contributed by atoms with Crippen molar-refractivity contribution in [2.75, 3.05) is 27.2 Å². The van der Waals surface area contributed by atoms with Crippen molar-refractivity contribution < 1.29 is 8.42 Å². The fraction of sp³-hybridized carbons (Fsp3) is 0.571. The average molecular weight is 299 g/mol. The van der Waals surface area contributed by atoms with Crippen LogP contribution in [-0.2, 0) is 22.3 Å². The highest BCUT2D eigenvalue weighted by atomic mass is 32.2. The fourth-order valence-corrected chi connectivity index (χ4v) is 3.01. The molecular formula is C14H25N3O2S. The van der Waals surface area contributed by atoms with E-state index in [1.807, 2.05) is 38.4 Å². The molecule has 0 saturated carbocycles. The van der Waals surface area contributed by atoms with Crippen molar-refractivity contribution in [3.8, 4) is 0 Å². The van der Waals surface area contributed by atoms with E-state index in [1.165, 1.54) is 0 Å². The van der Waals surface area contributed by atoms with E-state index in [0.717, 1.165) is 30.5 Å². The number of nitrogens with two attached hydrogens (primary N) is 1. The number of unbranched alkanes of at least 4 members (excludes halogenated alkanes) is 1. The minimum Gasteiger partial charge on any atom is -0.326 e. The van der Waals surface area contributed by atoms with E-state index >= 15 is 0 Å². The number of rotatable bonds is 9. The third-order valence-electron chi connectivity index (χ3n) is 2.97. The molecule has 6 heteroatoms. The molecule has 0 heterocycles. The maximum atomic E-state index is 11.9. The zero-order valence-corrected chi connectivity index (χ0v) is 13.1. The molecule has 0 unspecified atom stereocenters. The Hall–Kier alpha value is -0.950. The highest BCUT2D eigenvalue weighted by Gasteiger charge is 2.10. The molecule has 0 aliphatic heterocycles. The van der Waals surface area contributed by atoms with Crippen molar-refractivity contribution in [2.45, 2.75) is 25.1 Å². The monoisotopic (exact) mass is 299 g/mol. The van der Waals surface area contributed by atoms with Crippen molar-refractivity contribution in [3.05, 3.63) is 35.4 Å². The van der Waals surface area contributed by atoms with Crippen LogP contribution in [0.1, 0.15) is 24.0 Å². The SMILES string of the molecule is CN(C)CCCCNS(=O)(=O)Cc1ccc(CN)cc1. The third kappa shape index (κ3) is 7.00.